The van der Waals surface area contributed by atoms with E-state index < -0.39 is 5.82 Å². The van der Waals surface area contributed by atoms with Gasteiger partial charge in [0.2, 0.25) is 0 Å². The number of rotatable bonds is 4. The molecule has 1 aliphatic heterocycles. The van der Waals surface area contributed by atoms with Gasteiger partial charge in [-0.1, -0.05) is 12.1 Å². The second-order valence-corrected chi connectivity index (χ2v) is 7.27. The molecule has 0 N–H and O–H groups in total. The predicted molar refractivity (Wildman–Crippen MR) is 108 cm³/mol. The van der Waals surface area contributed by atoms with E-state index in [0.29, 0.717) is 18.7 Å². The van der Waals surface area contributed by atoms with Gasteiger partial charge >= 0.3 is 0 Å². The summed E-state index contributed by atoms with van der Waals surface area (Å²) < 4.78 is 15.6. The van der Waals surface area contributed by atoms with Crippen LogP contribution in [-0.4, -0.2) is 51.4 Å². The van der Waals surface area contributed by atoms with Crippen LogP contribution in [0.25, 0.3) is 10.9 Å². The Bertz CT molecular complexity index is 984. The molecule has 0 unspecified atom stereocenters. The molecule has 0 bridgehead atoms. The second kappa shape index (κ2) is 8.10. The summed E-state index contributed by atoms with van der Waals surface area (Å²) in [6.45, 7) is 7.05. The quantitative estimate of drug-likeness (QED) is 0.695. The zero-order chi connectivity index (χ0) is 19.5. The molecule has 3 aromatic rings. The SMILES string of the molecule is CCn1ccc2c(CN3CCCN(C(=O)c4cncc(F)c4)CC3)cccc21. The molecule has 2 aromatic heterocycles. The normalized spacial score (nSPS) is 15.7. The maximum absolute atomic E-state index is 13.4. The number of halogens is 1. The third kappa shape index (κ3) is 3.78. The van der Waals surface area contributed by atoms with Crippen molar-refractivity contribution in [3.05, 3.63) is 65.9 Å². The summed E-state index contributed by atoms with van der Waals surface area (Å²) in [5.41, 5.74) is 2.91. The fourth-order valence-electron chi connectivity index (χ4n) is 3.99. The van der Waals surface area contributed by atoms with Gasteiger partial charge in [-0.2, -0.15) is 0 Å². The first kappa shape index (κ1) is 18.6. The third-order valence-electron chi connectivity index (χ3n) is 5.47. The van der Waals surface area contributed by atoms with Crippen molar-refractivity contribution < 1.29 is 9.18 Å². The highest BCUT2D eigenvalue weighted by Crippen LogP contribution is 2.22. The van der Waals surface area contributed by atoms with E-state index >= 15 is 0 Å². The fraction of sp³-hybridized carbons (Fsp3) is 0.364. The minimum absolute atomic E-state index is 0.143. The van der Waals surface area contributed by atoms with Gasteiger partial charge in [0.1, 0.15) is 5.82 Å². The molecule has 1 saturated heterocycles. The molecule has 28 heavy (non-hydrogen) atoms. The van der Waals surface area contributed by atoms with E-state index in [-0.39, 0.29) is 5.91 Å². The number of hydrogen-bond acceptors (Lipinski definition) is 3. The van der Waals surface area contributed by atoms with Gasteiger partial charge in [-0.05, 0) is 37.1 Å². The predicted octanol–water partition coefficient (Wildman–Crippen LogP) is 3.54. The first-order valence-corrected chi connectivity index (χ1v) is 9.84. The Balaban J connectivity index is 1.45. The van der Waals surface area contributed by atoms with E-state index in [2.05, 4.69) is 51.8 Å². The molecule has 1 aliphatic rings. The molecular formula is C22H25FN4O. The average Bonchev–Trinajstić information content (AvgIpc) is 3.00. The molecule has 0 spiro atoms. The first-order chi connectivity index (χ1) is 13.7. The highest BCUT2D eigenvalue weighted by Gasteiger charge is 2.21. The number of aromatic nitrogens is 2. The van der Waals surface area contributed by atoms with Crippen molar-refractivity contribution in [2.45, 2.75) is 26.4 Å². The molecule has 6 heteroatoms. The number of amides is 1. The molecule has 0 radical (unpaired) electrons. The highest BCUT2D eigenvalue weighted by atomic mass is 19.1. The number of benzene rings is 1. The maximum atomic E-state index is 13.4. The molecule has 1 aromatic carbocycles. The van der Waals surface area contributed by atoms with Crippen LogP contribution >= 0.6 is 0 Å². The van der Waals surface area contributed by atoms with Crippen LogP contribution < -0.4 is 0 Å². The smallest absolute Gasteiger partial charge is 0.255 e. The second-order valence-electron chi connectivity index (χ2n) is 7.27. The highest BCUT2D eigenvalue weighted by molar-refractivity contribution is 5.94. The molecule has 1 amide bonds. The van der Waals surface area contributed by atoms with Gasteiger partial charge in [0.15, 0.2) is 0 Å². The Labute approximate surface area is 164 Å². The zero-order valence-electron chi connectivity index (χ0n) is 16.1. The van der Waals surface area contributed by atoms with Gasteiger partial charge in [0, 0.05) is 62.6 Å². The minimum Gasteiger partial charge on any atom is -0.348 e. The van der Waals surface area contributed by atoms with Gasteiger partial charge in [-0.15, -0.1) is 0 Å². The number of pyridine rings is 1. The number of carbonyl (C=O) groups excluding carboxylic acids is 1. The van der Waals surface area contributed by atoms with E-state index in [1.165, 1.54) is 28.7 Å². The topological polar surface area (TPSA) is 41.4 Å². The van der Waals surface area contributed by atoms with E-state index in [1.807, 2.05) is 4.90 Å². The molecule has 0 saturated carbocycles. The van der Waals surface area contributed by atoms with Crippen molar-refractivity contribution in [1.82, 2.24) is 19.4 Å². The van der Waals surface area contributed by atoms with Gasteiger partial charge in [-0.25, -0.2) is 4.39 Å². The number of nitrogens with zero attached hydrogens (tertiary/aromatic N) is 4. The lowest BCUT2D eigenvalue weighted by atomic mass is 10.1. The van der Waals surface area contributed by atoms with Crippen LogP contribution in [0.15, 0.2) is 48.9 Å². The Kier molecular flexibility index (Phi) is 5.39. The average molecular weight is 380 g/mol. The number of hydrogen-bond donors (Lipinski definition) is 0. The van der Waals surface area contributed by atoms with Crippen molar-refractivity contribution in [3.63, 3.8) is 0 Å². The van der Waals surface area contributed by atoms with Crippen LogP contribution in [0.5, 0.6) is 0 Å². The minimum atomic E-state index is -0.477. The Hall–Kier alpha value is -2.73. The van der Waals surface area contributed by atoms with Crippen LogP contribution in [0, 0.1) is 5.82 Å². The van der Waals surface area contributed by atoms with Gasteiger partial charge in [0.05, 0.1) is 11.8 Å². The zero-order valence-corrected chi connectivity index (χ0v) is 16.1. The van der Waals surface area contributed by atoms with Crippen molar-refractivity contribution in [3.8, 4) is 0 Å². The van der Waals surface area contributed by atoms with Crippen LogP contribution in [0.4, 0.5) is 4.39 Å². The standard InChI is InChI=1S/C22H25FN4O/c1-2-26-10-7-20-17(5-3-6-21(20)26)16-25-8-4-9-27(12-11-25)22(28)18-13-19(23)15-24-14-18/h3,5-7,10,13-15H,2,4,8-9,11-12,16H2,1H3. The number of aryl methyl sites for hydroxylation is 1. The summed E-state index contributed by atoms with van der Waals surface area (Å²) in [4.78, 5) is 20.7. The van der Waals surface area contributed by atoms with Crippen molar-refractivity contribution in [1.29, 1.82) is 0 Å². The van der Waals surface area contributed by atoms with E-state index in [4.69, 9.17) is 0 Å². The summed E-state index contributed by atoms with van der Waals surface area (Å²) in [5, 5.41) is 1.30. The van der Waals surface area contributed by atoms with Crippen LogP contribution in [0.3, 0.4) is 0 Å². The van der Waals surface area contributed by atoms with Crippen molar-refractivity contribution in [2.75, 3.05) is 26.2 Å². The lowest BCUT2D eigenvalue weighted by molar-refractivity contribution is 0.0760. The van der Waals surface area contributed by atoms with Crippen molar-refractivity contribution in [2.24, 2.45) is 0 Å². The molecule has 0 atom stereocenters. The molecule has 146 valence electrons. The van der Waals surface area contributed by atoms with Crippen LogP contribution in [0.1, 0.15) is 29.3 Å². The van der Waals surface area contributed by atoms with E-state index in [9.17, 15) is 9.18 Å². The van der Waals surface area contributed by atoms with E-state index in [1.54, 1.807) is 0 Å². The fourth-order valence-corrected chi connectivity index (χ4v) is 3.99. The monoisotopic (exact) mass is 380 g/mol. The Morgan fingerprint density at radius 3 is 2.86 bits per heavy atom. The van der Waals surface area contributed by atoms with Crippen molar-refractivity contribution >= 4 is 16.8 Å². The van der Waals surface area contributed by atoms with Crippen LogP contribution in [0.2, 0.25) is 0 Å². The summed E-state index contributed by atoms with van der Waals surface area (Å²) in [6.07, 6.45) is 5.60. The Morgan fingerprint density at radius 2 is 2.04 bits per heavy atom. The maximum Gasteiger partial charge on any atom is 0.255 e. The van der Waals surface area contributed by atoms with Gasteiger partial charge < -0.3 is 9.47 Å². The molecular weight excluding hydrogens is 355 g/mol. The lowest BCUT2D eigenvalue weighted by Gasteiger charge is -2.22. The van der Waals surface area contributed by atoms with Crippen LogP contribution in [-0.2, 0) is 13.1 Å². The first-order valence-electron chi connectivity index (χ1n) is 9.84. The number of fused-ring (bicyclic) bond motifs is 1. The summed E-state index contributed by atoms with van der Waals surface area (Å²) in [6, 6.07) is 9.93. The van der Waals surface area contributed by atoms with Gasteiger partial charge in [-0.3, -0.25) is 14.7 Å². The summed E-state index contributed by atoms with van der Waals surface area (Å²) in [5.74, 6) is -0.620. The largest absolute Gasteiger partial charge is 0.348 e. The molecule has 1 fully saturated rings. The molecule has 0 aliphatic carbocycles. The molecule has 4 rings (SSSR count). The van der Waals surface area contributed by atoms with E-state index in [0.717, 1.165) is 38.8 Å². The third-order valence-corrected chi connectivity index (χ3v) is 5.47. The Morgan fingerprint density at radius 1 is 1.14 bits per heavy atom. The summed E-state index contributed by atoms with van der Waals surface area (Å²) in [7, 11) is 0. The molecule has 3 heterocycles. The molecule has 5 nitrogen and oxygen atoms in total. The lowest BCUT2D eigenvalue weighted by Crippen LogP contribution is -2.35. The number of carbonyl (C=O) groups is 1. The summed E-state index contributed by atoms with van der Waals surface area (Å²) >= 11 is 0. The van der Waals surface area contributed by atoms with Gasteiger partial charge in [0.25, 0.3) is 5.91 Å².